The molecule has 4 heterocycles. The minimum atomic E-state index is -2.86. The van der Waals surface area contributed by atoms with E-state index in [-0.39, 0.29) is 17.8 Å². The van der Waals surface area contributed by atoms with Crippen LogP contribution in [-0.2, 0) is 31.5 Å². The van der Waals surface area contributed by atoms with Gasteiger partial charge in [0.15, 0.2) is 5.69 Å². The van der Waals surface area contributed by atoms with Crippen molar-refractivity contribution in [2.24, 2.45) is 7.05 Å². The molecule has 6 rings (SSSR count). The molecule has 1 aromatic carbocycles. The lowest BCUT2D eigenvalue weighted by Gasteiger charge is -2.23. The number of alkyl halides is 2. The van der Waals surface area contributed by atoms with Crippen LogP contribution in [0.1, 0.15) is 63.8 Å². The van der Waals surface area contributed by atoms with Crippen LogP contribution in [0.15, 0.2) is 36.8 Å². The predicted molar refractivity (Wildman–Crippen MR) is 127 cm³/mol. The number of nitrogen functional groups attached to an aromatic ring is 1. The summed E-state index contributed by atoms with van der Waals surface area (Å²) in [6, 6.07) is 5.57. The van der Waals surface area contributed by atoms with Crippen LogP contribution in [0.25, 0.3) is 10.9 Å². The van der Waals surface area contributed by atoms with E-state index in [4.69, 9.17) is 10.5 Å². The number of anilines is 2. The number of halogens is 2. The van der Waals surface area contributed by atoms with Crippen molar-refractivity contribution in [3.63, 3.8) is 0 Å². The van der Waals surface area contributed by atoms with Gasteiger partial charge in [0.2, 0.25) is 0 Å². The molecule has 36 heavy (non-hydrogen) atoms. The van der Waals surface area contributed by atoms with Crippen LogP contribution in [0.5, 0.6) is 0 Å². The lowest BCUT2D eigenvalue weighted by molar-refractivity contribution is 0.0982. The lowest BCUT2D eigenvalue weighted by Crippen LogP contribution is -2.31. The van der Waals surface area contributed by atoms with Gasteiger partial charge in [-0.1, -0.05) is 12.1 Å². The van der Waals surface area contributed by atoms with Gasteiger partial charge in [0.05, 0.1) is 36.5 Å². The second kappa shape index (κ2) is 8.59. The van der Waals surface area contributed by atoms with Gasteiger partial charge in [-0.05, 0) is 30.0 Å². The number of carbonyl (C=O) groups excluding carboxylic acids is 1. The molecule has 1 saturated carbocycles. The second-order valence-corrected chi connectivity index (χ2v) is 9.17. The smallest absolute Gasteiger partial charge is 0.284 e. The highest BCUT2D eigenvalue weighted by Gasteiger charge is 2.30. The molecule has 2 N–H and O–H groups in total. The number of nitrogens with zero attached hydrogens (tertiary/aromatic N) is 6. The van der Waals surface area contributed by atoms with Crippen molar-refractivity contribution < 1.29 is 18.3 Å². The van der Waals surface area contributed by atoms with Crippen molar-refractivity contribution in [3.8, 4) is 0 Å². The van der Waals surface area contributed by atoms with Crippen molar-refractivity contribution in [2.75, 3.05) is 10.6 Å². The lowest BCUT2D eigenvalue weighted by atomic mass is 10.0. The van der Waals surface area contributed by atoms with E-state index in [1.54, 1.807) is 0 Å². The first-order chi connectivity index (χ1) is 17.4. The molecule has 9 nitrogen and oxygen atoms in total. The maximum atomic E-state index is 13.9. The zero-order chi connectivity index (χ0) is 25.0. The van der Waals surface area contributed by atoms with E-state index >= 15 is 0 Å². The summed E-state index contributed by atoms with van der Waals surface area (Å²) in [4.78, 5) is 28.1. The fourth-order valence-electron chi connectivity index (χ4n) is 4.58. The molecule has 0 radical (unpaired) electrons. The third-order valence-electron chi connectivity index (χ3n) is 6.58. The molecule has 184 valence electrons. The normalized spacial score (nSPS) is 15.0. The van der Waals surface area contributed by atoms with E-state index in [2.05, 4.69) is 20.1 Å². The number of amides is 1. The van der Waals surface area contributed by atoms with E-state index in [0.717, 1.165) is 29.4 Å². The van der Waals surface area contributed by atoms with Gasteiger partial charge in [0.25, 0.3) is 12.3 Å². The quantitative estimate of drug-likeness (QED) is 0.433. The first-order valence-electron chi connectivity index (χ1n) is 11.6. The van der Waals surface area contributed by atoms with Crippen LogP contribution in [0, 0.1) is 0 Å². The molecule has 1 fully saturated rings. The van der Waals surface area contributed by atoms with Crippen LogP contribution >= 0.6 is 0 Å². The average molecular weight is 492 g/mol. The van der Waals surface area contributed by atoms with Crippen LogP contribution in [-0.4, -0.2) is 30.6 Å². The Kier molecular flexibility index (Phi) is 5.36. The van der Waals surface area contributed by atoms with Gasteiger partial charge in [-0.15, -0.1) is 0 Å². The third kappa shape index (κ3) is 3.95. The zero-order valence-corrected chi connectivity index (χ0v) is 19.5. The van der Waals surface area contributed by atoms with Gasteiger partial charge in [0.1, 0.15) is 11.6 Å². The number of fused-ring (bicyclic) bond motifs is 3. The van der Waals surface area contributed by atoms with Crippen molar-refractivity contribution in [1.82, 2.24) is 24.7 Å². The predicted octanol–water partition coefficient (Wildman–Crippen LogP) is 4.03. The average Bonchev–Trinajstić information content (AvgIpc) is 3.46. The molecule has 3 aromatic heterocycles. The Labute approximate surface area is 204 Å². The summed E-state index contributed by atoms with van der Waals surface area (Å²) in [7, 11) is 1.54. The van der Waals surface area contributed by atoms with E-state index in [1.807, 2.05) is 18.2 Å². The summed E-state index contributed by atoms with van der Waals surface area (Å²) in [5.41, 5.74) is 9.13. The van der Waals surface area contributed by atoms with Gasteiger partial charge >= 0.3 is 0 Å². The molecule has 0 atom stereocenters. The molecule has 4 aromatic rings. The number of ether oxygens (including phenoxy) is 1. The highest BCUT2D eigenvalue weighted by molar-refractivity contribution is 6.06. The molecule has 1 aliphatic heterocycles. The number of carbonyl (C=O) groups is 1. The maximum Gasteiger partial charge on any atom is 0.284 e. The standard InChI is InChI=1S/C25H23F2N7O2/c1-33-10-20(21(32-33)22(26)27)34(25(35)15-7-29-24(30-8-15)14-3-4-14)9-13-2-5-16-17-11-36-12-18(17)23(28)31-19(16)6-13/h2,5-8,10,14,22H,3-4,9,11-12H2,1H3,(H2,28,31). The molecular formula is C25H23F2N7O2. The summed E-state index contributed by atoms with van der Waals surface area (Å²) in [5.74, 6) is 0.934. The monoisotopic (exact) mass is 491 g/mol. The van der Waals surface area contributed by atoms with Gasteiger partial charge in [-0.2, -0.15) is 5.10 Å². The first kappa shape index (κ1) is 22.5. The highest BCUT2D eigenvalue weighted by atomic mass is 19.3. The van der Waals surface area contributed by atoms with Crippen LogP contribution in [0.3, 0.4) is 0 Å². The van der Waals surface area contributed by atoms with Gasteiger partial charge in [-0.25, -0.2) is 23.7 Å². The summed E-state index contributed by atoms with van der Waals surface area (Å²) < 4.78 is 34.5. The van der Waals surface area contributed by atoms with Crippen molar-refractivity contribution in [2.45, 2.75) is 44.9 Å². The molecule has 11 heteroatoms. The van der Waals surface area contributed by atoms with Crippen molar-refractivity contribution in [3.05, 3.63) is 70.6 Å². The van der Waals surface area contributed by atoms with Crippen LogP contribution in [0.4, 0.5) is 20.3 Å². The Hall–Kier alpha value is -3.99. The molecule has 1 amide bonds. The van der Waals surface area contributed by atoms with E-state index in [0.29, 0.717) is 41.9 Å². The number of nitrogens with two attached hydrogens (primary N) is 1. The summed E-state index contributed by atoms with van der Waals surface area (Å²) in [6.45, 7) is 0.889. The maximum absolute atomic E-state index is 13.9. The number of hydrogen-bond donors (Lipinski definition) is 1. The summed E-state index contributed by atoms with van der Waals surface area (Å²) in [6.07, 6.45) is 3.54. The molecular weight excluding hydrogens is 468 g/mol. The molecule has 0 bridgehead atoms. The second-order valence-electron chi connectivity index (χ2n) is 9.17. The molecule has 1 aliphatic carbocycles. The van der Waals surface area contributed by atoms with Crippen molar-refractivity contribution in [1.29, 1.82) is 0 Å². The number of hydrogen-bond acceptors (Lipinski definition) is 7. The Balaban J connectivity index is 1.40. The topological polar surface area (TPSA) is 112 Å². The number of aryl methyl sites for hydroxylation is 1. The molecule has 0 spiro atoms. The van der Waals surface area contributed by atoms with Crippen molar-refractivity contribution >= 4 is 28.3 Å². The number of pyridine rings is 1. The largest absolute Gasteiger partial charge is 0.383 e. The Bertz CT molecular complexity index is 1480. The van der Waals surface area contributed by atoms with Crippen LogP contribution in [0.2, 0.25) is 0 Å². The van der Waals surface area contributed by atoms with Gasteiger partial charge in [-0.3, -0.25) is 9.48 Å². The molecule has 0 unspecified atom stereocenters. The fraction of sp³-hybridized carbons (Fsp3) is 0.320. The van der Waals surface area contributed by atoms with E-state index < -0.39 is 18.0 Å². The Morgan fingerprint density at radius 1 is 1.22 bits per heavy atom. The first-order valence-corrected chi connectivity index (χ1v) is 11.6. The fourth-order valence-corrected chi connectivity index (χ4v) is 4.58. The summed E-state index contributed by atoms with van der Waals surface area (Å²) in [5, 5.41) is 4.81. The number of benzene rings is 1. The minimum absolute atomic E-state index is 0.0136. The summed E-state index contributed by atoms with van der Waals surface area (Å²) >= 11 is 0. The van der Waals surface area contributed by atoms with Gasteiger partial charge in [0, 0.05) is 42.5 Å². The minimum Gasteiger partial charge on any atom is -0.383 e. The number of rotatable bonds is 6. The van der Waals surface area contributed by atoms with E-state index in [1.165, 1.54) is 35.2 Å². The molecule has 2 aliphatic rings. The van der Waals surface area contributed by atoms with E-state index in [9.17, 15) is 13.6 Å². The highest BCUT2D eigenvalue weighted by Crippen LogP contribution is 2.38. The number of aromatic nitrogens is 5. The third-order valence-corrected chi connectivity index (χ3v) is 6.58. The molecule has 0 saturated heterocycles. The van der Waals surface area contributed by atoms with Gasteiger partial charge < -0.3 is 15.4 Å². The van der Waals surface area contributed by atoms with Crippen LogP contribution < -0.4 is 10.6 Å². The SMILES string of the molecule is Cn1cc(N(Cc2ccc3c4c(c(N)nc3c2)COC4)C(=O)c2cnc(C3CC3)nc2)c(C(F)F)n1. The Morgan fingerprint density at radius 3 is 2.69 bits per heavy atom. The zero-order valence-electron chi connectivity index (χ0n) is 19.5. The Morgan fingerprint density at radius 2 is 1.97 bits per heavy atom.